The Morgan fingerprint density at radius 1 is 1.00 bits per heavy atom. The molecule has 2 aromatic carbocycles. The first-order valence-corrected chi connectivity index (χ1v) is 10.5. The van der Waals surface area contributed by atoms with Gasteiger partial charge in [-0.15, -0.1) is 0 Å². The number of benzene rings is 2. The van der Waals surface area contributed by atoms with E-state index in [2.05, 4.69) is 17.0 Å². The fourth-order valence-electron chi connectivity index (χ4n) is 3.94. The molecule has 5 nitrogen and oxygen atoms in total. The summed E-state index contributed by atoms with van der Waals surface area (Å²) in [5, 5.41) is 0. The second-order valence-electron chi connectivity index (χ2n) is 6.97. The van der Waals surface area contributed by atoms with Gasteiger partial charge in [-0.05, 0) is 73.7 Å². The molecule has 0 aliphatic carbocycles. The summed E-state index contributed by atoms with van der Waals surface area (Å²) >= 11 is 0. The number of hydrogen-bond donors (Lipinski definition) is 0. The Morgan fingerprint density at radius 3 is 2.46 bits per heavy atom. The van der Waals surface area contributed by atoms with Gasteiger partial charge in [0.15, 0.2) is 0 Å². The summed E-state index contributed by atoms with van der Waals surface area (Å²) in [6, 6.07) is 11.3. The molecule has 2 aliphatic rings. The van der Waals surface area contributed by atoms with Crippen LogP contribution in [0.25, 0.3) is 0 Å². The van der Waals surface area contributed by atoms with Gasteiger partial charge in [-0.1, -0.05) is 0 Å². The quantitative estimate of drug-likeness (QED) is 0.826. The molecule has 2 aromatic rings. The van der Waals surface area contributed by atoms with Crippen LogP contribution in [0, 0.1) is 6.92 Å². The van der Waals surface area contributed by atoms with Crippen LogP contribution >= 0.6 is 0 Å². The van der Waals surface area contributed by atoms with E-state index in [4.69, 9.17) is 4.74 Å². The summed E-state index contributed by atoms with van der Waals surface area (Å²) < 4.78 is 33.2. The van der Waals surface area contributed by atoms with E-state index in [1.54, 1.807) is 29.6 Å². The third kappa shape index (κ3) is 2.82. The number of methoxy groups -OCH3 is 1. The Morgan fingerprint density at radius 2 is 1.77 bits per heavy atom. The second kappa shape index (κ2) is 6.50. The molecule has 0 spiro atoms. The maximum Gasteiger partial charge on any atom is 0.264 e. The van der Waals surface area contributed by atoms with Crippen molar-refractivity contribution in [3.8, 4) is 5.75 Å². The molecule has 0 amide bonds. The Balaban J connectivity index is 1.68. The molecule has 0 unspecified atom stereocenters. The van der Waals surface area contributed by atoms with Crippen molar-refractivity contribution in [2.45, 2.75) is 31.1 Å². The van der Waals surface area contributed by atoms with Gasteiger partial charge in [0, 0.05) is 25.3 Å². The first kappa shape index (κ1) is 17.2. The predicted octanol–water partition coefficient (Wildman–Crippen LogP) is 3.36. The minimum atomic E-state index is -3.58. The molecule has 2 heterocycles. The van der Waals surface area contributed by atoms with Crippen molar-refractivity contribution >= 4 is 21.4 Å². The number of rotatable bonds is 4. The predicted molar refractivity (Wildman–Crippen MR) is 104 cm³/mol. The van der Waals surface area contributed by atoms with E-state index in [0.29, 0.717) is 22.8 Å². The largest absolute Gasteiger partial charge is 0.497 e. The zero-order valence-corrected chi connectivity index (χ0v) is 16.1. The van der Waals surface area contributed by atoms with E-state index >= 15 is 0 Å². The van der Waals surface area contributed by atoms with Crippen molar-refractivity contribution in [3.05, 3.63) is 47.5 Å². The Labute approximate surface area is 155 Å². The Kier molecular flexibility index (Phi) is 4.31. The van der Waals surface area contributed by atoms with Crippen molar-refractivity contribution in [1.29, 1.82) is 0 Å². The van der Waals surface area contributed by atoms with Crippen molar-refractivity contribution < 1.29 is 13.2 Å². The van der Waals surface area contributed by atoms with Crippen LogP contribution in [0.2, 0.25) is 0 Å². The topological polar surface area (TPSA) is 49.9 Å². The highest BCUT2D eigenvalue weighted by molar-refractivity contribution is 7.93. The third-order valence-electron chi connectivity index (χ3n) is 5.34. The lowest BCUT2D eigenvalue weighted by molar-refractivity contribution is 0.414. The molecule has 138 valence electrons. The summed E-state index contributed by atoms with van der Waals surface area (Å²) in [4.78, 5) is 2.72. The standard InChI is InChI=1S/C20H24N2O3S/c1-15-13-18(25-2)6-8-20(15)26(23,24)22-12-9-16-14-17(5-7-19(16)22)21-10-3-4-11-21/h5-8,13-14H,3-4,9-12H2,1-2H3. The van der Waals surface area contributed by atoms with Crippen LogP contribution in [0.5, 0.6) is 5.75 Å². The second-order valence-corrected chi connectivity index (χ2v) is 8.80. The Hall–Kier alpha value is -2.21. The fourth-order valence-corrected chi connectivity index (χ4v) is 5.65. The number of aryl methyl sites for hydroxylation is 1. The minimum Gasteiger partial charge on any atom is -0.497 e. The molecule has 0 atom stereocenters. The van der Waals surface area contributed by atoms with Gasteiger partial charge in [0.25, 0.3) is 10.0 Å². The summed E-state index contributed by atoms with van der Waals surface area (Å²) in [7, 11) is -1.99. The van der Waals surface area contributed by atoms with Gasteiger partial charge >= 0.3 is 0 Å². The average Bonchev–Trinajstić information content (AvgIpc) is 3.30. The van der Waals surface area contributed by atoms with Crippen LogP contribution in [-0.2, 0) is 16.4 Å². The van der Waals surface area contributed by atoms with Crippen LogP contribution in [0.4, 0.5) is 11.4 Å². The molecule has 26 heavy (non-hydrogen) atoms. The number of hydrogen-bond acceptors (Lipinski definition) is 4. The summed E-state index contributed by atoms with van der Waals surface area (Å²) in [5.74, 6) is 0.665. The van der Waals surface area contributed by atoms with Crippen LogP contribution in [0.1, 0.15) is 24.0 Å². The van der Waals surface area contributed by atoms with Crippen LogP contribution < -0.4 is 13.9 Å². The first-order chi connectivity index (χ1) is 12.5. The highest BCUT2D eigenvalue weighted by atomic mass is 32.2. The lowest BCUT2D eigenvalue weighted by atomic mass is 10.1. The molecule has 6 heteroatoms. The van der Waals surface area contributed by atoms with Crippen molar-refractivity contribution in [2.24, 2.45) is 0 Å². The van der Waals surface area contributed by atoms with Crippen LogP contribution in [-0.4, -0.2) is 35.2 Å². The third-order valence-corrected chi connectivity index (χ3v) is 7.31. The molecule has 1 fully saturated rings. The molecule has 1 saturated heterocycles. The number of nitrogens with zero attached hydrogens (tertiary/aromatic N) is 2. The lowest BCUT2D eigenvalue weighted by Gasteiger charge is -2.22. The fraction of sp³-hybridized carbons (Fsp3) is 0.400. The molecule has 0 bridgehead atoms. The summed E-state index contributed by atoms with van der Waals surface area (Å²) in [6.45, 7) is 4.48. The van der Waals surface area contributed by atoms with Gasteiger partial charge in [-0.25, -0.2) is 8.42 Å². The van der Waals surface area contributed by atoms with E-state index in [1.807, 2.05) is 13.0 Å². The van der Waals surface area contributed by atoms with Crippen molar-refractivity contribution in [1.82, 2.24) is 0 Å². The number of anilines is 2. The molecule has 0 aromatic heterocycles. The zero-order chi connectivity index (χ0) is 18.3. The molecule has 2 aliphatic heterocycles. The average molecular weight is 372 g/mol. The summed E-state index contributed by atoms with van der Waals surface area (Å²) in [6.07, 6.45) is 3.22. The highest BCUT2D eigenvalue weighted by Crippen LogP contribution is 2.37. The first-order valence-electron chi connectivity index (χ1n) is 9.06. The van der Waals surface area contributed by atoms with Gasteiger partial charge in [0.2, 0.25) is 0 Å². The van der Waals surface area contributed by atoms with Gasteiger partial charge in [-0.2, -0.15) is 0 Å². The smallest absolute Gasteiger partial charge is 0.264 e. The molecular weight excluding hydrogens is 348 g/mol. The maximum absolute atomic E-state index is 13.2. The van der Waals surface area contributed by atoms with Gasteiger partial charge in [0.1, 0.15) is 5.75 Å². The lowest BCUT2D eigenvalue weighted by Crippen LogP contribution is -2.29. The van der Waals surface area contributed by atoms with E-state index in [0.717, 1.165) is 30.8 Å². The summed E-state index contributed by atoms with van der Waals surface area (Å²) in [5.41, 5.74) is 3.83. The molecular formula is C20H24N2O3S. The highest BCUT2D eigenvalue weighted by Gasteiger charge is 2.32. The zero-order valence-electron chi connectivity index (χ0n) is 15.2. The minimum absolute atomic E-state index is 0.342. The number of fused-ring (bicyclic) bond motifs is 1. The maximum atomic E-state index is 13.2. The molecule has 0 radical (unpaired) electrons. The normalized spacial score (nSPS) is 16.8. The Bertz CT molecular complexity index is 934. The van der Waals surface area contributed by atoms with Crippen molar-refractivity contribution in [3.63, 3.8) is 0 Å². The van der Waals surface area contributed by atoms with Gasteiger partial charge < -0.3 is 9.64 Å². The monoisotopic (exact) mass is 372 g/mol. The van der Waals surface area contributed by atoms with Crippen molar-refractivity contribution in [2.75, 3.05) is 35.9 Å². The van der Waals surface area contributed by atoms with Crippen LogP contribution in [0.15, 0.2) is 41.3 Å². The molecule has 0 saturated carbocycles. The molecule has 4 rings (SSSR count). The van der Waals surface area contributed by atoms with Gasteiger partial charge in [0.05, 0.1) is 17.7 Å². The number of ether oxygens (including phenoxy) is 1. The number of sulfonamides is 1. The molecule has 0 N–H and O–H groups in total. The SMILES string of the molecule is COc1ccc(S(=O)(=O)N2CCc3cc(N4CCCC4)ccc32)c(C)c1. The van der Waals surface area contributed by atoms with E-state index in [1.165, 1.54) is 18.5 Å². The van der Waals surface area contributed by atoms with E-state index in [-0.39, 0.29) is 0 Å². The van der Waals surface area contributed by atoms with E-state index < -0.39 is 10.0 Å². The van der Waals surface area contributed by atoms with E-state index in [9.17, 15) is 8.42 Å². The van der Waals surface area contributed by atoms with Gasteiger partial charge in [-0.3, -0.25) is 4.31 Å². The van der Waals surface area contributed by atoms with Crippen LogP contribution in [0.3, 0.4) is 0 Å².